The highest BCUT2D eigenvalue weighted by molar-refractivity contribution is 7.98. The highest BCUT2D eigenvalue weighted by Crippen LogP contribution is 2.32. The van der Waals surface area contributed by atoms with E-state index in [1.54, 1.807) is 11.8 Å². The van der Waals surface area contributed by atoms with Crippen molar-refractivity contribution in [2.45, 2.75) is 18.7 Å². The molecule has 2 aromatic rings. The number of para-hydroxylation sites is 1. The SMILES string of the molecule is CSc1cccc2sc(NC(=O)C(C)C)nc12. The number of carbonyl (C=O) groups is 1. The standard InChI is InChI=1S/C12H14N2OS2/c1-7(2)11(15)14-12-13-10-8(16-3)5-4-6-9(10)17-12/h4-7H,1-3H3,(H,13,14,15). The van der Waals surface area contributed by atoms with Crippen LogP contribution < -0.4 is 5.32 Å². The van der Waals surface area contributed by atoms with Crippen LogP contribution in [-0.2, 0) is 4.79 Å². The largest absolute Gasteiger partial charge is 0.302 e. The van der Waals surface area contributed by atoms with Gasteiger partial charge in [-0.2, -0.15) is 0 Å². The second kappa shape index (κ2) is 5.06. The van der Waals surface area contributed by atoms with Crippen LogP contribution in [0.15, 0.2) is 23.1 Å². The summed E-state index contributed by atoms with van der Waals surface area (Å²) in [7, 11) is 0. The highest BCUT2D eigenvalue weighted by Gasteiger charge is 2.12. The quantitative estimate of drug-likeness (QED) is 0.863. The first-order valence-electron chi connectivity index (χ1n) is 5.36. The predicted molar refractivity (Wildman–Crippen MR) is 74.9 cm³/mol. The van der Waals surface area contributed by atoms with Crippen molar-refractivity contribution in [3.63, 3.8) is 0 Å². The van der Waals surface area contributed by atoms with E-state index < -0.39 is 0 Å². The van der Waals surface area contributed by atoms with Gasteiger partial charge in [0.05, 0.1) is 10.2 Å². The number of thioether (sulfide) groups is 1. The topological polar surface area (TPSA) is 42.0 Å². The number of nitrogens with zero attached hydrogens (tertiary/aromatic N) is 1. The predicted octanol–water partition coefficient (Wildman–Crippen LogP) is 3.61. The van der Waals surface area contributed by atoms with Gasteiger partial charge in [-0.05, 0) is 18.4 Å². The second-order valence-electron chi connectivity index (χ2n) is 3.97. The van der Waals surface area contributed by atoms with Gasteiger partial charge >= 0.3 is 0 Å². The fourth-order valence-electron chi connectivity index (χ4n) is 1.39. The Bertz CT molecular complexity index is 548. The molecule has 1 aromatic heterocycles. The molecule has 0 aliphatic heterocycles. The third-order valence-corrected chi connectivity index (χ3v) is 4.06. The molecule has 0 fully saturated rings. The number of benzene rings is 1. The Labute approximate surface area is 109 Å². The smallest absolute Gasteiger partial charge is 0.228 e. The van der Waals surface area contributed by atoms with Crippen molar-refractivity contribution in [2.75, 3.05) is 11.6 Å². The molecule has 1 amide bonds. The van der Waals surface area contributed by atoms with Gasteiger partial charge < -0.3 is 5.32 Å². The van der Waals surface area contributed by atoms with Gasteiger partial charge in [-0.3, -0.25) is 4.79 Å². The van der Waals surface area contributed by atoms with Crippen LogP contribution in [-0.4, -0.2) is 17.1 Å². The molecule has 0 spiro atoms. The Hall–Kier alpha value is -1.07. The molecular weight excluding hydrogens is 252 g/mol. The minimum Gasteiger partial charge on any atom is -0.302 e. The molecule has 0 aliphatic carbocycles. The summed E-state index contributed by atoms with van der Waals surface area (Å²) >= 11 is 3.18. The highest BCUT2D eigenvalue weighted by atomic mass is 32.2. The Balaban J connectivity index is 2.35. The molecule has 0 bridgehead atoms. The van der Waals surface area contributed by atoms with E-state index in [0.717, 1.165) is 15.1 Å². The molecule has 1 heterocycles. The summed E-state index contributed by atoms with van der Waals surface area (Å²) in [6.07, 6.45) is 2.03. The molecule has 5 heteroatoms. The zero-order valence-corrected chi connectivity index (χ0v) is 11.6. The summed E-state index contributed by atoms with van der Waals surface area (Å²) in [5.74, 6) is -0.0169. The summed E-state index contributed by atoms with van der Waals surface area (Å²) in [5.41, 5.74) is 0.976. The van der Waals surface area contributed by atoms with Crippen molar-refractivity contribution in [3.8, 4) is 0 Å². The molecule has 0 saturated carbocycles. The van der Waals surface area contributed by atoms with Crippen LogP contribution in [0.2, 0.25) is 0 Å². The van der Waals surface area contributed by atoms with Gasteiger partial charge in [-0.25, -0.2) is 4.98 Å². The number of nitrogens with one attached hydrogen (secondary N) is 1. The maximum atomic E-state index is 11.6. The number of hydrogen-bond acceptors (Lipinski definition) is 4. The van der Waals surface area contributed by atoms with Crippen LogP contribution in [0, 0.1) is 5.92 Å². The lowest BCUT2D eigenvalue weighted by molar-refractivity contribution is -0.118. The summed E-state index contributed by atoms with van der Waals surface area (Å²) in [6.45, 7) is 3.74. The van der Waals surface area contributed by atoms with Crippen LogP contribution in [0.5, 0.6) is 0 Å². The molecule has 1 N–H and O–H groups in total. The van der Waals surface area contributed by atoms with E-state index in [4.69, 9.17) is 0 Å². The monoisotopic (exact) mass is 266 g/mol. The van der Waals surface area contributed by atoms with Gasteiger partial charge in [0.1, 0.15) is 0 Å². The number of amides is 1. The van der Waals surface area contributed by atoms with Gasteiger partial charge in [0.15, 0.2) is 5.13 Å². The zero-order chi connectivity index (χ0) is 12.4. The molecule has 0 saturated heterocycles. The summed E-state index contributed by atoms with van der Waals surface area (Å²) < 4.78 is 1.11. The Morgan fingerprint density at radius 2 is 2.24 bits per heavy atom. The molecule has 0 radical (unpaired) electrons. The fraction of sp³-hybridized carbons (Fsp3) is 0.333. The lowest BCUT2D eigenvalue weighted by Crippen LogP contribution is -2.17. The van der Waals surface area contributed by atoms with E-state index in [0.29, 0.717) is 5.13 Å². The molecule has 0 aliphatic rings. The van der Waals surface area contributed by atoms with E-state index >= 15 is 0 Å². The van der Waals surface area contributed by atoms with Gasteiger partial charge in [0.25, 0.3) is 0 Å². The van der Waals surface area contributed by atoms with Crippen LogP contribution in [0.25, 0.3) is 10.2 Å². The Morgan fingerprint density at radius 3 is 2.88 bits per heavy atom. The minimum absolute atomic E-state index is 0.00903. The first kappa shape index (κ1) is 12.4. The minimum atomic E-state index is -0.0259. The first-order valence-corrected chi connectivity index (χ1v) is 7.40. The van der Waals surface area contributed by atoms with E-state index in [9.17, 15) is 4.79 Å². The second-order valence-corrected chi connectivity index (χ2v) is 5.85. The van der Waals surface area contributed by atoms with Crippen molar-refractivity contribution < 1.29 is 4.79 Å². The Morgan fingerprint density at radius 1 is 1.47 bits per heavy atom. The lowest BCUT2D eigenvalue weighted by atomic mass is 10.2. The van der Waals surface area contributed by atoms with E-state index in [2.05, 4.69) is 10.3 Å². The molecule has 0 atom stereocenters. The number of rotatable bonds is 3. The van der Waals surface area contributed by atoms with Crippen molar-refractivity contribution in [2.24, 2.45) is 5.92 Å². The normalized spacial score (nSPS) is 11.1. The number of carbonyl (C=O) groups excluding carboxylic acids is 1. The maximum absolute atomic E-state index is 11.6. The molecular formula is C12H14N2OS2. The summed E-state index contributed by atoms with van der Waals surface area (Å²) in [5, 5.41) is 3.52. The van der Waals surface area contributed by atoms with Crippen molar-refractivity contribution in [1.29, 1.82) is 0 Å². The van der Waals surface area contributed by atoms with Gasteiger partial charge in [0.2, 0.25) is 5.91 Å². The van der Waals surface area contributed by atoms with Crippen LogP contribution in [0.4, 0.5) is 5.13 Å². The number of hydrogen-bond donors (Lipinski definition) is 1. The lowest BCUT2D eigenvalue weighted by Gasteiger charge is -2.02. The number of fused-ring (bicyclic) bond motifs is 1. The molecule has 0 unspecified atom stereocenters. The van der Waals surface area contributed by atoms with Crippen LogP contribution in [0.3, 0.4) is 0 Å². The average Bonchev–Trinajstić information content (AvgIpc) is 2.70. The first-order chi connectivity index (χ1) is 8.11. The van der Waals surface area contributed by atoms with Crippen molar-refractivity contribution in [1.82, 2.24) is 4.98 Å². The summed E-state index contributed by atoms with van der Waals surface area (Å²) in [4.78, 5) is 17.2. The third-order valence-electron chi connectivity index (χ3n) is 2.36. The molecule has 1 aromatic carbocycles. The number of aromatic nitrogens is 1. The molecule has 17 heavy (non-hydrogen) atoms. The van der Waals surface area contributed by atoms with E-state index in [-0.39, 0.29) is 11.8 Å². The van der Waals surface area contributed by atoms with Gasteiger partial charge in [-0.15, -0.1) is 11.8 Å². The van der Waals surface area contributed by atoms with Gasteiger partial charge in [0, 0.05) is 10.8 Å². The fourth-order valence-corrected chi connectivity index (χ4v) is 2.92. The Kier molecular flexibility index (Phi) is 3.69. The van der Waals surface area contributed by atoms with Crippen LogP contribution >= 0.6 is 23.1 Å². The third kappa shape index (κ3) is 2.61. The number of anilines is 1. The zero-order valence-electron chi connectivity index (χ0n) is 9.98. The van der Waals surface area contributed by atoms with Crippen LogP contribution in [0.1, 0.15) is 13.8 Å². The number of thiazole rings is 1. The van der Waals surface area contributed by atoms with Crippen molar-refractivity contribution >= 4 is 44.4 Å². The van der Waals surface area contributed by atoms with Gasteiger partial charge in [-0.1, -0.05) is 31.3 Å². The summed E-state index contributed by atoms with van der Waals surface area (Å²) in [6, 6.07) is 6.08. The molecule has 2 rings (SSSR count). The van der Waals surface area contributed by atoms with E-state index in [1.165, 1.54) is 11.3 Å². The van der Waals surface area contributed by atoms with Crippen molar-refractivity contribution in [3.05, 3.63) is 18.2 Å². The average molecular weight is 266 g/mol. The van der Waals surface area contributed by atoms with E-state index in [1.807, 2.05) is 38.3 Å². The maximum Gasteiger partial charge on any atom is 0.228 e. The molecule has 3 nitrogen and oxygen atoms in total. The molecule has 90 valence electrons.